The normalized spacial score (nSPS) is 11.1. The van der Waals surface area contributed by atoms with Crippen LogP contribution < -0.4 is 0 Å². The fraction of sp³-hybridized carbons (Fsp3) is 0.667. The number of carboxylic acid groups (broad SMARTS) is 2. The summed E-state index contributed by atoms with van der Waals surface area (Å²) in [6.07, 6.45) is 14.1. The average Bonchev–Trinajstić information content (AvgIpc) is 2.47. The zero-order valence-electron chi connectivity index (χ0n) is 14.3. The smallest absolute Gasteiger partial charge is 0.331 e. The Morgan fingerprint density at radius 1 is 0.864 bits per heavy atom. The van der Waals surface area contributed by atoms with Crippen molar-refractivity contribution in [2.45, 2.75) is 78.6 Å². The number of unbranched alkanes of at least 4 members (excludes halogenated alkanes) is 6. The lowest BCUT2D eigenvalue weighted by Gasteiger charge is -1.97. The van der Waals surface area contributed by atoms with Gasteiger partial charge in [-0.2, -0.15) is 0 Å². The summed E-state index contributed by atoms with van der Waals surface area (Å²) in [5.74, 6) is -1.62. The lowest BCUT2D eigenvalue weighted by atomic mass is 10.1. The fourth-order valence-electron chi connectivity index (χ4n) is 1.75. The van der Waals surface area contributed by atoms with Crippen LogP contribution in [0.4, 0.5) is 0 Å². The first-order valence-electron chi connectivity index (χ1n) is 8.31. The first kappa shape index (κ1) is 22.7. The molecule has 0 saturated heterocycles. The third-order valence-corrected chi connectivity index (χ3v) is 3.09. The van der Waals surface area contributed by atoms with Gasteiger partial charge in [0, 0.05) is 11.6 Å². The molecule has 128 valence electrons. The van der Waals surface area contributed by atoms with Crippen molar-refractivity contribution in [1.82, 2.24) is 0 Å². The molecule has 0 aliphatic carbocycles. The van der Waals surface area contributed by atoms with Crippen LogP contribution in [0.2, 0.25) is 0 Å². The average molecular weight is 312 g/mol. The molecule has 0 heterocycles. The summed E-state index contributed by atoms with van der Waals surface area (Å²) in [5, 5.41) is 16.8. The Bertz CT molecular complexity index is 343. The first-order chi connectivity index (χ1) is 10.5. The lowest BCUT2D eigenvalue weighted by Crippen LogP contribution is -1.98. The molecule has 0 aliphatic heterocycles. The van der Waals surface area contributed by atoms with E-state index in [0.717, 1.165) is 25.7 Å². The molecule has 0 unspecified atom stereocenters. The molecule has 0 aromatic rings. The van der Waals surface area contributed by atoms with E-state index >= 15 is 0 Å². The van der Waals surface area contributed by atoms with Gasteiger partial charge in [-0.3, -0.25) is 0 Å². The topological polar surface area (TPSA) is 74.6 Å². The third kappa shape index (κ3) is 18.4. The summed E-state index contributed by atoms with van der Waals surface area (Å²) in [6, 6.07) is 0. The molecule has 0 fully saturated rings. The molecule has 0 atom stereocenters. The third-order valence-electron chi connectivity index (χ3n) is 3.09. The fourth-order valence-corrected chi connectivity index (χ4v) is 1.75. The van der Waals surface area contributed by atoms with E-state index in [2.05, 4.69) is 13.8 Å². The number of hydrogen-bond acceptors (Lipinski definition) is 2. The first-order valence-corrected chi connectivity index (χ1v) is 8.31. The van der Waals surface area contributed by atoms with Crippen LogP contribution in [0, 0.1) is 0 Å². The molecule has 0 aliphatic rings. The summed E-state index contributed by atoms with van der Waals surface area (Å²) >= 11 is 0. The minimum Gasteiger partial charge on any atom is -0.478 e. The standard InChI is InChI=1S/C10H18O2.C8H14O2/c1-3-5-6-7-8-9(4-2)10(11)12;1-2-3-4-5-6-7-8(9)10/h8H,3-7H2,1-2H3,(H,11,12);6-7H,2-5H2,1H3,(H,9,10). The Labute approximate surface area is 134 Å². The van der Waals surface area contributed by atoms with E-state index in [4.69, 9.17) is 10.2 Å². The highest BCUT2D eigenvalue weighted by Gasteiger charge is 2.01. The SMILES string of the molecule is CCCCCC=C(CC)C(=O)O.CCCCCC=CC(=O)O. The second-order valence-corrected chi connectivity index (χ2v) is 5.12. The summed E-state index contributed by atoms with van der Waals surface area (Å²) in [4.78, 5) is 20.5. The Morgan fingerprint density at radius 2 is 1.41 bits per heavy atom. The summed E-state index contributed by atoms with van der Waals surface area (Å²) in [6.45, 7) is 6.14. The highest BCUT2D eigenvalue weighted by Crippen LogP contribution is 2.06. The largest absolute Gasteiger partial charge is 0.478 e. The molecule has 0 rings (SSSR count). The molecule has 0 bridgehead atoms. The monoisotopic (exact) mass is 312 g/mol. The maximum absolute atomic E-state index is 10.5. The molecule has 2 N–H and O–H groups in total. The molecule has 0 aromatic carbocycles. The van der Waals surface area contributed by atoms with Crippen LogP contribution in [0.25, 0.3) is 0 Å². The second kappa shape index (κ2) is 17.5. The van der Waals surface area contributed by atoms with Crippen molar-refractivity contribution in [3.05, 3.63) is 23.8 Å². The van der Waals surface area contributed by atoms with Crippen LogP contribution in [0.15, 0.2) is 23.8 Å². The molecule has 0 spiro atoms. The van der Waals surface area contributed by atoms with Gasteiger partial charge in [-0.15, -0.1) is 0 Å². The Hall–Kier alpha value is -1.58. The van der Waals surface area contributed by atoms with Crippen LogP contribution in [0.3, 0.4) is 0 Å². The molecule has 0 radical (unpaired) electrons. The van der Waals surface area contributed by atoms with Gasteiger partial charge in [-0.1, -0.05) is 58.6 Å². The van der Waals surface area contributed by atoms with E-state index in [9.17, 15) is 9.59 Å². The van der Waals surface area contributed by atoms with Gasteiger partial charge in [0.05, 0.1) is 0 Å². The van der Waals surface area contributed by atoms with Crippen LogP contribution in [-0.2, 0) is 9.59 Å². The highest BCUT2D eigenvalue weighted by atomic mass is 16.4. The van der Waals surface area contributed by atoms with Gasteiger partial charge >= 0.3 is 11.9 Å². The molecule has 4 nitrogen and oxygen atoms in total. The van der Waals surface area contributed by atoms with Crippen molar-refractivity contribution >= 4 is 11.9 Å². The van der Waals surface area contributed by atoms with Crippen LogP contribution in [0.5, 0.6) is 0 Å². The highest BCUT2D eigenvalue weighted by molar-refractivity contribution is 5.86. The van der Waals surface area contributed by atoms with Gasteiger partial charge in [0.25, 0.3) is 0 Å². The Kier molecular flexibility index (Phi) is 18.0. The molecular weight excluding hydrogens is 280 g/mol. The number of hydrogen-bond donors (Lipinski definition) is 2. The van der Waals surface area contributed by atoms with Gasteiger partial charge in [-0.25, -0.2) is 9.59 Å². The summed E-state index contributed by atoms with van der Waals surface area (Å²) in [7, 11) is 0. The number of aliphatic carboxylic acids is 2. The van der Waals surface area contributed by atoms with Gasteiger partial charge in [0.15, 0.2) is 0 Å². The van der Waals surface area contributed by atoms with Gasteiger partial charge < -0.3 is 10.2 Å². The van der Waals surface area contributed by atoms with Crippen molar-refractivity contribution in [3.8, 4) is 0 Å². The van der Waals surface area contributed by atoms with Gasteiger partial charge in [0.2, 0.25) is 0 Å². The molecular formula is C18H32O4. The van der Waals surface area contributed by atoms with Crippen molar-refractivity contribution in [2.24, 2.45) is 0 Å². The maximum Gasteiger partial charge on any atom is 0.331 e. The zero-order valence-corrected chi connectivity index (χ0v) is 14.3. The van der Waals surface area contributed by atoms with E-state index in [0.29, 0.717) is 12.0 Å². The van der Waals surface area contributed by atoms with Crippen molar-refractivity contribution in [1.29, 1.82) is 0 Å². The van der Waals surface area contributed by atoms with Crippen molar-refractivity contribution < 1.29 is 19.8 Å². The molecule has 22 heavy (non-hydrogen) atoms. The second-order valence-electron chi connectivity index (χ2n) is 5.12. The predicted molar refractivity (Wildman–Crippen MR) is 91.1 cm³/mol. The van der Waals surface area contributed by atoms with E-state index in [1.165, 1.54) is 31.8 Å². The molecule has 4 heteroatoms. The quantitative estimate of drug-likeness (QED) is 0.406. The van der Waals surface area contributed by atoms with Gasteiger partial charge in [-0.05, 0) is 32.1 Å². The molecule has 0 aromatic heterocycles. The van der Waals surface area contributed by atoms with E-state index in [-0.39, 0.29) is 0 Å². The summed E-state index contributed by atoms with van der Waals surface area (Å²) < 4.78 is 0. The van der Waals surface area contributed by atoms with E-state index < -0.39 is 11.9 Å². The van der Waals surface area contributed by atoms with Crippen molar-refractivity contribution in [3.63, 3.8) is 0 Å². The Morgan fingerprint density at radius 3 is 1.82 bits per heavy atom. The number of carbonyl (C=O) groups is 2. The zero-order chi connectivity index (χ0) is 17.2. The number of allylic oxidation sites excluding steroid dienone is 2. The lowest BCUT2D eigenvalue weighted by molar-refractivity contribution is -0.133. The minimum atomic E-state index is -0.850. The molecule has 0 amide bonds. The van der Waals surface area contributed by atoms with Crippen LogP contribution in [-0.4, -0.2) is 22.2 Å². The maximum atomic E-state index is 10.5. The number of rotatable bonds is 11. The van der Waals surface area contributed by atoms with Crippen molar-refractivity contribution in [2.75, 3.05) is 0 Å². The minimum absolute atomic E-state index is 0.547. The van der Waals surface area contributed by atoms with E-state index in [1.54, 1.807) is 6.08 Å². The van der Waals surface area contributed by atoms with E-state index in [1.807, 2.05) is 13.0 Å². The Balaban J connectivity index is 0. The summed E-state index contributed by atoms with van der Waals surface area (Å²) in [5.41, 5.74) is 0.547. The molecule has 0 saturated carbocycles. The number of carboxylic acids is 2. The van der Waals surface area contributed by atoms with Crippen LogP contribution in [0.1, 0.15) is 78.6 Å². The van der Waals surface area contributed by atoms with Crippen LogP contribution >= 0.6 is 0 Å². The predicted octanol–water partition coefficient (Wildman–Crippen LogP) is 5.20. The van der Waals surface area contributed by atoms with Gasteiger partial charge in [0.1, 0.15) is 0 Å².